The molecule has 0 aliphatic rings. The first kappa shape index (κ1) is 17.2. The molecule has 21 heavy (non-hydrogen) atoms. The molecule has 1 heterocycles. The molecule has 0 saturated carbocycles. The normalized spacial score (nSPS) is 11.0. The molecule has 0 aliphatic heterocycles. The Balaban J connectivity index is 2.69. The summed E-state index contributed by atoms with van der Waals surface area (Å²) in [4.78, 5) is 40.8. The van der Waals surface area contributed by atoms with Crippen molar-refractivity contribution >= 4 is 23.7 Å². The Morgan fingerprint density at radius 3 is 2.57 bits per heavy atom. The van der Waals surface area contributed by atoms with Gasteiger partial charge in [-0.05, 0) is 20.8 Å². The van der Waals surface area contributed by atoms with Crippen molar-refractivity contribution in [3.63, 3.8) is 0 Å². The van der Waals surface area contributed by atoms with Crippen molar-refractivity contribution in [1.82, 2.24) is 9.97 Å². The first-order chi connectivity index (χ1) is 9.69. The second-order valence-corrected chi connectivity index (χ2v) is 6.13. The third-order valence-electron chi connectivity index (χ3n) is 2.07. The Kier molecular flexibility index (Phi) is 5.95. The highest BCUT2D eigenvalue weighted by atomic mass is 32.2. The molecule has 0 saturated heterocycles. The van der Waals surface area contributed by atoms with Crippen LogP contribution < -0.4 is 5.56 Å². The molecular weight excluding hydrogens is 296 g/mol. The van der Waals surface area contributed by atoms with Crippen LogP contribution in [0.4, 0.5) is 0 Å². The summed E-state index contributed by atoms with van der Waals surface area (Å²) in [7, 11) is 1.26. The SMILES string of the molecule is COC(=O)Cc1cc(=O)[nH]c(SCC(=O)OC(C)(C)C)n1. The zero-order valence-electron chi connectivity index (χ0n) is 12.4. The van der Waals surface area contributed by atoms with E-state index in [1.165, 1.54) is 13.2 Å². The number of ether oxygens (including phenoxy) is 2. The van der Waals surface area contributed by atoms with Crippen LogP contribution in [-0.2, 0) is 25.5 Å². The number of nitrogens with one attached hydrogen (secondary N) is 1. The van der Waals surface area contributed by atoms with E-state index in [-0.39, 0.29) is 23.0 Å². The largest absolute Gasteiger partial charge is 0.469 e. The van der Waals surface area contributed by atoms with Gasteiger partial charge < -0.3 is 14.5 Å². The molecule has 1 rings (SSSR count). The molecule has 0 unspecified atom stereocenters. The number of hydrogen-bond acceptors (Lipinski definition) is 7. The molecule has 1 N–H and O–H groups in total. The minimum atomic E-state index is -0.564. The maximum Gasteiger partial charge on any atom is 0.316 e. The van der Waals surface area contributed by atoms with Gasteiger partial charge in [0.2, 0.25) is 0 Å². The summed E-state index contributed by atoms with van der Waals surface area (Å²) < 4.78 is 9.66. The van der Waals surface area contributed by atoms with Crippen molar-refractivity contribution in [2.75, 3.05) is 12.9 Å². The van der Waals surface area contributed by atoms with E-state index in [1.54, 1.807) is 20.8 Å². The number of H-pyrrole nitrogens is 1. The molecule has 0 spiro atoms. The lowest BCUT2D eigenvalue weighted by Crippen LogP contribution is -2.25. The number of carbonyl (C=O) groups excluding carboxylic acids is 2. The summed E-state index contributed by atoms with van der Waals surface area (Å²) >= 11 is 1.04. The van der Waals surface area contributed by atoms with Crippen molar-refractivity contribution in [1.29, 1.82) is 0 Å². The molecule has 0 amide bonds. The summed E-state index contributed by atoms with van der Waals surface area (Å²) in [5.74, 6) is -0.883. The second-order valence-electron chi connectivity index (χ2n) is 5.17. The molecule has 0 aromatic carbocycles. The molecule has 0 atom stereocenters. The predicted molar refractivity (Wildman–Crippen MR) is 77.1 cm³/mol. The van der Waals surface area contributed by atoms with Crippen LogP contribution in [0.3, 0.4) is 0 Å². The van der Waals surface area contributed by atoms with Crippen LogP contribution in [0.1, 0.15) is 26.5 Å². The quantitative estimate of drug-likeness (QED) is 0.490. The highest BCUT2D eigenvalue weighted by Gasteiger charge is 2.17. The van der Waals surface area contributed by atoms with Gasteiger partial charge in [0.25, 0.3) is 5.56 Å². The average Bonchev–Trinajstić information content (AvgIpc) is 2.33. The van der Waals surface area contributed by atoms with E-state index in [9.17, 15) is 14.4 Å². The maximum absolute atomic E-state index is 11.6. The van der Waals surface area contributed by atoms with Gasteiger partial charge in [-0.1, -0.05) is 11.8 Å². The van der Waals surface area contributed by atoms with E-state index in [0.29, 0.717) is 0 Å². The van der Waals surface area contributed by atoms with Crippen LogP contribution in [0.25, 0.3) is 0 Å². The van der Waals surface area contributed by atoms with Crippen molar-refractivity contribution < 1.29 is 19.1 Å². The number of thioether (sulfide) groups is 1. The number of aromatic nitrogens is 2. The zero-order valence-corrected chi connectivity index (χ0v) is 13.2. The molecule has 1 aromatic heterocycles. The van der Waals surface area contributed by atoms with Crippen LogP contribution in [0.2, 0.25) is 0 Å². The summed E-state index contributed by atoms with van der Waals surface area (Å²) in [6.07, 6.45) is -0.0968. The lowest BCUT2D eigenvalue weighted by Gasteiger charge is -2.19. The van der Waals surface area contributed by atoms with Crippen molar-refractivity contribution in [3.05, 3.63) is 22.1 Å². The fourth-order valence-electron chi connectivity index (χ4n) is 1.36. The fourth-order valence-corrected chi connectivity index (χ4v) is 2.03. The molecule has 1 aromatic rings. The van der Waals surface area contributed by atoms with E-state index in [1.807, 2.05) is 0 Å². The Morgan fingerprint density at radius 1 is 1.33 bits per heavy atom. The fraction of sp³-hybridized carbons (Fsp3) is 0.538. The van der Waals surface area contributed by atoms with Crippen LogP contribution in [0.15, 0.2) is 16.0 Å². The average molecular weight is 314 g/mol. The molecule has 0 radical (unpaired) electrons. The van der Waals surface area contributed by atoms with Crippen molar-refractivity contribution in [2.24, 2.45) is 0 Å². The highest BCUT2D eigenvalue weighted by molar-refractivity contribution is 7.99. The smallest absolute Gasteiger partial charge is 0.316 e. The standard InChI is InChI=1S/C13H18N2O5S/c1-13(2,3)20-11(18)7-21-12-14-8(5-9(16)15-12)6-10(17)19-4/h5H,6-7H2,1-4H3,(H,14,15,16). The van der Waals surface area contributed by atoms with Crippen molar-refractivity contribution in [2.45, 2.75) is 37.9 Å². The van der Waals surface area contributed by atoms with Gasteiger partial charge in [0.05, 0.1) is 25.0 Å². The molecule has 7 nitrogen and oxygen atoms in total. The number of nitrogens with zero attached hydrogens (tertiary/aromatic N) is 1. The van der Waals surface area contributed by atoms with Gasteiger partial charge in [-0.2, -0.15) is 0 Å². The summed E-state index contributed by atoms with van der Waals surface area (Å²) in [6, 6.07) is 1.22. The van der Waals surface area contributed by atoms with Gasteiger partial charge in [-0.25, -0.2) is 4.98 Å². The Labute approximate surface area is 126 Å². The molecule has 116 valence electrons. The predicted octanol–water partition coefficient (Wildman–Crippen LogP) is 0.919. The minimum Gasteiger partial charge on any atom is -0.469 e. The number of aromatic amines is 1. The molecule has 0 bridgehead atoms. The monoisotopic (exact) mass is 314 g/mol. The summed E-state index contributed by atoms with van der Waals surface area (Å²) in [6.45, 7) is 5.31. The first-order valence-corrected chi connectivity index (χ1v) is 7.20. The Hall–Kier alpha value is -1.83. The number of carbonyl (C=O) groups is 2. The maximum atomic E-state index is 11.6. The van der Waals surface area contributed by atoms with Crippen LogP contribution in [-0.4, -0.2) is 40.4 Å². The number of rotatable bonds is 5. The van der Waals surface area contributed by atoms with Crippen LogP contribution in [0.5, 0.6) is 0 Å². The second kappa shape index (κ2) is 7.26. The van der Waals surface area contributed by atoms with Gasteiger partial charge in [0, 0.05) is 6.07 Å². The topological polar surface area (TPSA) is 98.4 Å². The zero-order chi connectivity index (χ0) is 16.0. The van der Waals surface area contributed by atoms with Crippen LogP contribution in [0, 0.1) is 0 Å². The first-order valence-electron chi connectivity index (χ1n) is 6.21. The number of hydrogen-bond donors (Lipinski definition) is 1. The van der Waals surface area contributed by atoms with E-state index < -0.39 is 23.1 Å². The molecular formula is C13H18N2O5S. The Morgan fingerprint density at radius 2 is 2.00 bits per heavy atom. The third kappa shape index (κ3) is 6.94. The summed E-state index contributed by atoms with van der Waals surface area (Å²) in [5, 5.41) is 0.257. The van der Waals surface area contributed by atoms with Gasteiger partial charge in [0.15, 0.2) is 5.16 Å². The lowest BCUT2D eigenvalue weighted by atomic mass is 10.2. The molecule has 8 heteroatoms. The van der Waals surface area contributed by atoms with Crippen molar-refractivity contribution in [3.8, 4) is 0 Å². The third-order valence-corrected chi connectivity index (χ3v) is 2.92. The number of esters is 2. The van der Waals surface area contributed by atoms with Gasteiger partial charge >= 0.3 is 11.9 Å². The van der Waals surface area contributed by atoms with Gasteiger partial charge in [0.1, 0.15) is 5.60 Å². The van der Waals surface area contributed by atoms with Gasteiger partial charge in [-0.3, -0.25) is 14.4 Å². The van der Waals surface area contributed by atoms with Gasteiger partial charge in [-0.15, -0.1) is 0 Å². The Bertz CT molecular complexity index is 577. The van der Waals surface area contributed by atoms with E-state index in [0.717, 1.165) is 11.8 Å². The summed E-state index contributed by atoms with van der Waals surface area (Å²) in [5.41, 5.74) is -0.668. The molecule has 0 aliphatic carbocycles. The highest BCUT2D eigenvalue weighted by Crippen LogP contribution is 2.14. The lowest BCUT2D eigenvalue weighted by molar-refractivity contribution is -0.151. The van der Waals surface area contributed by atoms with Crippen LogP contribution >= 0.6 is 11.8 Å². The minimum absolute atomic E-state index is 0.0158. The van der Waals surface area contributed by atoms with E-state index in [2.05, 4.69) is 14.7 Å². The molecule has 0 fully saturated rings. The van der Waals surface area contributed by atoms with E-state index in [4.69, 9.17) is 4.74 Å². The number of methoxy groups -OCH3 is 1. The van der Waals surface area contributed by atoms with E-state index >= 15 is 0 Å².